The van der Waals surface area contributed by atoms with Crippen LogP contribution in [0.25, 0.3) is 0 Å². The first-order valence-corrected chi connectivity index (χ1v) is 17.1. The van der Waals surface area contributed by atoms with Crippen LogP contribution in [0.2, 0.25) is 19.6 Å². The molecule has 0 aliphatic heterocycles. The van der Waals surface area contributed by atoms with Crippen LogP contribution in [0.4, 0.5) is 0 Å². The molecule has 0 radical (unpaired) electrons. The molecule has 1 nitrogen and oxygen atoms in total. The van der Waals surface area contributed by atoms with Gasteiger partial charge in [-0.3, -0.25) is 0 Å². The van der Waals surface area contributed by atoms with Crippen LogP contribution in [-0.2, 0) is 4.43 Å². The van der Waals surface area contributed by atoms with Crippen LogP contribution in [0, 0.1) is 0 Å². The van der Waals surface area contributed by atoms with Gasteiger partial charge >= 0.3 is 0 Å². The van der Waals surface area contributed by atoms with Crippen LogP contribution in [0.15, 0.2) is 121 Å². The third-order valence-electron chi connectivity index (χ3n) is 5.98. The molecule has 0 spiro atoms. The molecule has 0 unspecified atom stereocenters. The molecule has 4 heteroatoms. The molecule has 0 aliphatic carbocycles. The van der Waals surface area contributed by atoms with Gasteiger partial charge in [-0.15, -0.1) is 0 Å². The first-order valence-electron chi connectivity index (χ1n) is 11.8. The Labute approximate surface area is 224 Å². The summed E-state index contributed by atoms with van der Waals surface area (Å²) in [5, 5.41) is 4.30. The van der Waals surface area contributed by atoms with E-state index in [9.17, 15) is 0 Å². The Bertz CT molecular complexity index is 1020. The molecule has 0 saturated carbocycles. The predicted octanol–water partition coefficient (Wildman–Crippen LogP) is 3.97. The molecular formula is C30H34IOPSi. The van der Waals surface area contributed by atoms with Gasteiger partial charge in [-0.1, -0.05) is 84.9 Å². The van der Waals surface area contributed by atoms with Gasteiger partial charge in [0.05, 0.1) is 12.3 Å². The summed E-state index contributed by atoms with van der Waals surface area (Å²) >= 11 is 0. The summed E-state index contributed by atoms with van der Waals surface area (Å²) in [6, 6.07) is 44.2. The zero-order valence-electron chi connectivity index (χ0n) is 20.3. The molecule has 0 aliphatic rings. The van der Waals surface area contributed by atoms with Gasteiger partial charge < -0.3 is 28.4 Å². The summed E-state index contributed by atoms with van der Waals surface area (Å²) in [6.45, 7) is 6.87. The Balaban J connectivity index is 0.00000324. The Morgan fingerprint density at radius 1 is 0.588 bits per heavy atom. The molecule has 1 atom stereocenters. The summed E-state index contributed by atoms with van der Waals surface area (Å²) in [7, 11) is -3.58. The summed E-state index contributed by atoms with van der Waals surface area (Å²) in [4.78, 5) is 0. The molecule has 176 valence electrons. The van der Waals surface area contributed by atoms with Crippen LogP contribution in [-0.4, -0.2) is 14.5 Å². The van der Waals surface area contributed by atoms with Gasteiger partial charge in [-0.2, -0.15) is 0 Å². The van der Waals surface area contributed by atoms with Gasteiger partial charge in [0.1, 0.15) is 23.2 Å². The summed E-state index contributed by atoms with van der Waals surface area (Å²) in [6.07, 6.45) is 2.16. The lowest BCUT2D eigenvalue weighted by atomic mass is 10.1. The fourth-order valence-corrected chi connectivity index (χ4v) is 10.0. The van der Waals surface area contributed by atoms with E-state index in [4.69, 9.17) is 4.43 Å². The number of halogens is 1. The normalized spacial score (nSPS) is 12.6. The molecule has 4 aromatic rings. The van der Waals surface area contributed by atoms with Crippen LogP contribution in [0.1, 0.15) is 18.1 Å². The van der Waals surface area contributed by atoms with E-state index in [1.54, 1.807) is 0 Å². The third kappa shape index (κ3) is 6.45. The van der Waals surface area contributed by atoms with Gasteiger partial charge in [0.15, 0.2) is 8.32 Å². The molecule has 0 fully saturated rings. The molecule has 0 bridgehead atoms. The molecule has 4 rings (SSSR count). The minimum atomic E-state index is -1.86. The van der Waals surface area contributed by atoms with Gasteiger partial charge in [0.2, 0.25) is 0 Å². The Hall–Kier alpha value is -1.78. The fourth-order valence-electron chi connectivity index (χ4n) is 4.58. The average Bonchev–Trinajstić information content (AvgIpc) is 2.85. The highest BCUT2D eigenvalue weighted by atomic mass is 127. The molecule has 0 saturated heterocycles. The standard InChI is InChI=1S/C30H34OPSi.HI/c1-33(2,3)31-30(26-16-8-4-9-17-26)24-25-32(27-18-10-5-11-19-27,28-20-12-6-13-21-28)29-22-14-7-15-23-29;/h4-23,30H,24-25H2,1-3H3;1H/q+1;/p-1/t30-;/m0./s1. The van der Waals surface area contributed by atoms with Crippen molar-refractivity contribution in [3.05, 3.63) is 127 Å². The average molecular weight is 597 g/mol. The smallest absolute Gasteiger partial charge is 0.184 e. The Morgan fingerprint density at radius 2 is 0.941 bits per heavy atom. The maximum absolute atomic E-state index is 6.78. The topological polar surface area (TPSA) is 9.23 Å². The summed E-state index contributed by atoms with van der Waals surface area (Å²) in [5.41, 5.74) is 1.28. The highest BCUT2D eigenvalue weighted by Gasteiger charge is 2.45. The molecule has 34 heavy (non-hydrogen) atoms. The monoisotopic (exact) mass is 596 g/mol. The summed E-state index contributed by atoms with van der Waals surface area (Å²) < 4.78 is 6.78. The van der Waals surface area contributed by atoms with Crippen molar-refractivity contribution in [3.8, 4) is 0 Å². The quantitative estimate of drug-likeness (QED) is 0.162. The molecule has 0 amide bonds. The van der Waals surface area contributed by atoms with Crippen molar-refractivity contribution in [2.75, 3.05) is 6.16 Å². The first kappa shape index (κ1) is 26.8. The zero-order chi connectivity index (χ0) is 23.2. The highest BCUT2D eigenvalue weighted by Crippen LogP contribution is 2.56. The van der Waals surface area contributed by atoms with Crippen molar-refractivity contribution in [2.24, 2.45) is 0 Å². The second kappa shape index (κ2) is 12.3. The van der Waals surface area contributed by atoms with Gasteiger partial charge in [0, 0.05) is 6.42 Å². The van der Waals surface area contributed by atoms with E-state index in [1.807, 2.05) is 0 Å². The van der Waals surface area contributed by atoms with Gasteiger partial charge in [-0.25, -0.2) is 0 Å². The number of rotatable bonds is 9. The maximum atomic E-state index is 6.78. The first-order chi connectivity index (χ1) is 16.0. The third-order valence-corrected chi connectivity index (χ3v) is 11.4. The van der Waals surface area contributed by atoms with Crippen molar-refractivity contribution >= 4 is 31.5 Å². The molecular weight excluding hydrogens is 562 g/mol. The van der Waals surface area contributed by atoms with Crippen LogP contribution < -0.4 is 39.9 Å². The lowest BCUT2D eigenvalue weighted by Crippen LogP contribution is -3.00. The zero-order valence-corrected chi connectivity index (χ0v) is 24.3. The number of hydrogen-bond acceptors (Lipinski definition) is 1. The van der Waals surface area contributed by atoms with Crippen molar-refractivity contribution in [2.45, 2.75) is 32.2 Å². The fraction of sp³-hybridized carbons (Fsp3) is 0.200. The lowest BCUT2D eigenvalue weighted by molar-refractivity contribution is -0.00000828. The lowest BCUT2D eigenvalue weighted by Gasteiger charge is -2.31. The van der Waals surface area contributed by atoms with E-state index in [2.05, 4.69) is 141 Å². The van der Waals surface area contributed by atoms with Crippen molar-refractivity contribution in [1.29, 1.82) is 0 Å². The minimum Gasteiger partial charge on any atom is -1.00 e. The highest BCUT2D eigenvalue weighted by molar-refractivity contribution is 7.95. The van der Waals surface area contributed by atoms with Crippen molar-refractivity contribution in [1.82, 2.24) is 0 Å². The van der Waals surface area contributed by atoms with Gasteiger partial charge in [0.25, 0.3) is 0 Å². The van der Waals surface area contributed by atoms with E-state index in [1.165, 1.54) is 21.5 Å². The number of hydrogen-bond donors (Lipinski definition) is 0. The van der Waals surface area contributed by atoms with E-state index < -0.39 is 15.6 Å². The molecule has 4 aromatic carbocycles. The molecule has 0 N–H and O–H groups in total. The van der Waals surface area contributed by atoms with Crippen LogP contribution in [0.3, 0.4) is 0 Å². The maximum Gasteiger partial charge on any atom is 0.184 e. The van der Waals surface area contributed by atoms with Crippen molar-refractivity contribution < 1.29 is 28.4 Å². The largest absolute Gasteiger partial charge is 1.00 e. The number of benzene rings is 4. The second-order valence-corrected chi connectivity index (χ2v) is 17.5. The van der Waals surface area contributed by atoms with Gasteiger partial charge in [-0.05, 0) is 61.6 Å². The summed E-state index contributed by atoms with van der Waals surface area (Å²) in [5.74, 6) is 0. The minimum absolute atomic E-state index is 0. The molecule has 0 aromatic heterocycles. The second-order valence-electron chi connectivity index (χ2n) is 9.46. The van der Waals surface area contributed by atoms with E-state index in [-0.39, 0.29) is 30.1 Å². The van der Waals surface area contributed by atoms with E-state index >= 15 is 0 Å². The van der Waals surface area contributed by atoms with Crippen LogP contribution >= 0.6 is 7.26 Å². The SMILES string of the molecule is C[Si](C)(C)O[C@@H](CC[P+](c1ccccc1)(c1ccccc1)c1ccccc1)c1ccccc1.[I-]. The predicted molar refractivity (Wildman–Crippen MR) is 148 cm³/mol. The van der Waals surface area contributed by atoms with Crippen LogP contribution in [0.5, 0.6) is 0 Å². The van der Waals surface area contributed by atoms with E-state index in [0.717, 1.165) is 12.6 Å². The van der Waals surface area contributed by atoms with E-state index in [0.29, 0.717) is 0 Å². The Morgan fingerprint density at radius 3 is 1.29 bits per heavy atom. The Kier molecular flexibility index (Phi) is 9.67. The van der Waals surface area contributed by atoms with Crippen molar-refractivity contribution in [3.63, 3.8) is 0 Å². The molecule has 0 heterocycles.